The van der Waals surface area contributed by atoms with Gasteiger partial charge in [-0.05, 0) is 56.4 Å². The van der Waals surface area contributed by atoms with Crippen LogP contribution in [-0.2, 0) is 4.79 Å². The van der Waals surface area contributed by atoms with Gasteiger partial charge >= 0.3 is 0 Å². The van der Waals surface area contributed by atoms with E-state index in [1.54, 1.807) is 0 Å². The van der Waals surface area contributed by atoms with Crippen molar-refractivity contribution in [1.29, 1.82) is 0 Å². The summed E-state index contributed by atoms with van der Waals surface area (Å²) < 4.78 is 0. The lowest BCUT2D eigenvalue weighted by atomic mass is 9.66. The molecule has 0 bridgehead atoms. The molecule has 104 valence electrons. The molecule has 0 heterocycles. The molecular weight excluding hydrogens is 224 g/mol. The van der Waals surface area contributed by atoms with Gasteiger partial charge in [0.1, 0.15) is 0 Å². The molecule has 0 atom stereocenters. The van der Waals surface area contributed by atoms with Gasteiger partial charge in [-0.15, -0.1) is 0 Å². The molecule has 2 aliphatic rings. The van der Waals surface area contributed by atoms with Crippen molar-refractivity contribution in [3.63, 3.8) is 0 Å². The van der Waals surface area contributed by atoms with E-state index < -0.39 is 0 Å². The molecule has 0 saturated heterocycles. The van der Waals surface area contributed by atoms with Crippen molar-refractivity contribution in [3.05, 3.63) is 0 Å². The van der Waals surface area contributed by atoms with Crippen LogP contribution in [0.5, 0.6) is 0 Å². The van der Waals surface area contributed by atoms with E-state index in [0.29, 0.717) is 24.9 Å². The predicted octanol–water partition coefficient (Wildman–Crippen LogP) is 2.54. The van der Waals surface area contributed by atoms with Crippen molar-refractivity contribution in [3.8, 4) is 0 Å². The van der Waals surface area contributed by atoms with E-state index in [2.05, 4.69) is 6.92 Å². The fourth-order valence-electron chi connectivity index (χ4n) is 3.41. The Morgan fingerprint density at radius 3 is 2.33 bits per heavy atom. The largest absolute Gasteiger partial charge is 0.343 e. The first-order valence-corrected chi connectivity index (χ1v) is 7.52. The lowest BCUT2D eigenvalue weighted by Crippen LogP contribution is -2.45. The van der Waals surface area contributed by atoms with E-state index >= 15 is 0 Å². The molecule has 0 unspecified atom stereocenters. The van der Waals surface area contributed by atoms with E-state index in [1.165, 1.54) is 32.1 Å². The second kappa shape index (κ2) is 5.60. The van der Waals surface area contributed by atoms with Gasteiger partial charge in [0.25, 0.3) is 0 Å². The summed E-state index contributed by atoms with van der Waals surface area (Å²) in [5.41, 5.74) is 5.99. The maximum atomic E-state index is 12.4. The highest BCUT2D eigenvalue weighted by molar-refractivity contribution is 5.77. The van der Waals surface area contributed by atoms with Crippen molar-refractivity contribution < 1.29 is 4.79 Å². The summed E-state index contributed by atoms with van der Waals surface area (Å²) >= 11 is 0. The van der Waals surface area contributed by atoms with Crippen LogP contribution >= 0.6 is 0 Å². The Morgan fingerprint density at radius 2 is 1.89 bits per heavy atom. The first-order valence-electron chi connectivity index (χ1n) is 7.52. The van der Waals surface area contributed by atoms with Gasteiger partial charge in [-0.3, -0.25) is 4.79 Å². The Bertz CT molecular complexity index is 285. The molecule has 0 radical (unpaired) electrons. The number of nitrogens with zero attached hydrogens (tertiary/aromatic N) is 1. The van der Waals surface area contributed by atoms with Gasteiger partial charge in [-0.2, -0.15) is 0 Å². The van der Waals surface area contributed by atoms with Crippen LogP contribution in [0, 0.1) is 11.3 Å². The Labute approximate surface area is 111 Å². The molecule has 0 aromatic heterocycles. The number of carbonyl (C=O) groups is 1. The summed E-state index contributed by atoms with van der Waals surface area (Å²) in [5.74, 6) is 1.16. The van der Waals surface area contributed by atoms with E-state index in [-0.39, 0.29) is 5.41 Å². The lowest BCUT2D eigenvalue weighted by Gasteiger charge is -2.42. The van der Waals surface area contributed by atoms with Crippen molar-refractivity contribution in [2.45, 2.75) is 64.3 Å². The van der Waals surface area contributed by atoms with Crippen LogP contribution < -0.4 is 5.73 Å². The molecule has 0 aromatic carbocycles. The fourth-order valence-corrected chi connectivity index (χ4v) is 3.41. The highest BCUT2D eigenvalue weighted by Gasteiger charge is 2.39. The van der Waals surface area contributed by atoms with E-state index in [4.69, 9.17) is 5.73 Å². The minimum Gasteiger partial charge on any atom is -0.343 e. The second-order valence-electron chi connectivity index (χ2n) is 6.65. The standard InChI is InChI=1S/C15H28N2O/c1-12-4-6-13(7-5-12)17(2)14(18)10-15(11-16)8-3-9-15/h12-13H,3-11,16H2,1-2H3. The Balaban J connectivity index is 1.84. The molecule has 2 aliphatic carbocycles. The van der Waals surface area contributed by atoms with Crippen LogP contribution in [-0.4, -0.2) is 30.4 Å². The second-order valence-corrected chi connectivity index (χ2v) is 6.65. The SMILES string of the molecule is CC1CCC(N(C)C(=O)CC2(CN)CCC2)CC1. The smallest absolute Gasteiger partial charge is 0.223 e. The summed E-state index contributed by atoms with van der Waals surface area (Å²) in [6.07, 6.45) is 9.10. The molecule has 2 saturated carbocycles. The third kappa shape index (κ3) is 2.87. The molecule has 2 rings (SSSR count). The van der Waals surface area contributed by atoms with Gasteiger partial charge < -0.3 is 10.6 Å². The molecule has 1 amide bonds. The van der Waals surface area contributed by atoms with Gasteiger partial charge in [-0.25, -0.2) is 0 Å². The minimum absolute atomic E-state index is 0.146. The summed E-state index contributed by atoms with van der Waals surface area (Å²) in [5, 5.41) is 0. The Morgan fingerprint density at radius 1 is 1.28 bits per heavy atom. The number of rotatable bonds is 4. The zero-order valence-corrected chi connectivity index (χ0v) is 12.0. The molecule has 3 heteroatoms. The lowest BCUT2D eigenvalue weighted by molar-refractivity contribution is -0.136. The molecular formula is C15H28N2O. The summed E-state index contributed by atoms with van der Waals surface area (Å²) in [7, 11) is 1.99. The van der Waals surface area contributed by atoms with Crippen LogP contribution in [0.1, 0.15) is 58.3 Å². The van der Waals surface area contributed by atoms with Crippen molar-refractivity contribution in [2.24, 2.45) is 17.1 Å². The number of hydrogen-bond acceptors (Lipinski definition) is 2. The van der Waals surface area contributed by atoms with Gasteiger partial charge in [-0.1, -0.05) is 13.3 Å². The van der Waals surface area contributed by atoms with Crippen LogP contribution in [0.15, 0.2) is 0 Å². The minimum atomic E-state index is 0.146. The van der Waals surface area contributed by atoms with Crippen molar-refractivity contribution in [1.82, 2.24) is 4.90 Å². The molecule has 0 aromatic rings. The number of hydrogen-bond donors (Lipinski definition) is 1. The third-order valence-electron chi connectivity index (χ3n) is 5.30. The van der Waals surface area contributed by atoms with Crippen LogP contribution in [0.3, 0.4) is 0 Å². The summed E-state index contributed by atoms with van der Waals surface area (Å²) in [6, 6.07) is 0.476. The van der Waals surface area contributed by atoms with E-state index in [9.17, 15) is 4.79 Å². The van der Waals surface area contributed by atoms with Gasteiger partial charge in [0, 0.05) is 19.5 Å². The maximum absolute atomic E-state index is 12.4. The maximum Gasteiger partial charge on any atom is 0.223 e. The topological polar surface area (TPSA) is 46.3 Å². The normalized spacial score (nSPS) is 30.6. The summed E-state index contributed by atoms with van der Waals surface area (Å²) in [6.45, 7) is 2.99. The van der Waals surface area contributed by atoms with Gasteiger partial charge in [0.15, 0.2) is 0 Å². The fraction of sp³-hybridized carbons (Fsp3) is 0.933. The summed E-state index contributed by atoms with van der Waals surface area (Å²) in [4.78, 5) is 14.4. The molecule has 18 heavy (non-hydrogen) atoms. The van der Waals surface area contributed by atoms with Gasteiger partial charge in [0.2, 0.25) is 5.91 Å². The Kier molecular flexibility index (Phi) is 4.31. The molecule has 0 aliphatic heterocycles. The third-order valence-corrected chi connectivity index (χ3v) is 5.30. The first kappa shape index (κ1) is 13.9. The predicted molar refractivity (Wildman–Crippen MR) is 74.1 cm³/mol. The Hall–Kier alpha value is -0.570. The number of nitrogens with two attached hydrogens (primary N) is 1. The molecule has 0 spiro atoms. The highest BCUT2D eigenvalue weighted by atomic mass is 16.2. The molecule has 2 N–H and O–H groups in total. The van der Waals surface area contributed by atoms with Crippen LogP contribution in [0.25, 0.3) is 0 Å². The van der Waals surface area contributed by atoms with Crippen molar-refractivity contribution >= 4 is 5.91 Å². The molecule has 2 fully saturated rings. The van der Waals surface area contributed by atoms with Crippen molar-refractivity contribution in [2.75, 3.05) is 13.6 Å². The molecule has 3 nitrogen and oxygen atoms in total. The monoisotopic (exact) mass is 252 g/mol. The van der Waals surface area contributed by atoms with Gasteiger partial charge in [0.05, 0.1) is 0 Å². The highest BCUT2D eigenvalue weighted by Crippen LogP contribution is 2.43. The average molecular weight is 252 g/mol. The van der Waals surface area contributed by atoms with Crippen LogP contribution in [0.2, 0.25) is 0 Å². The zero-order chi connectivity index (χ0) is 13.2. The first-order chi connectivity index (χ1) is 8.56. The van der Waals surface area contributed by atoms with E-state index in [0.717, 1.165) is 18.8 Å². The average Bonchev–Trinajstić information content (AvgIpc) is 2.33. The number of amides is 1. The van der Waals surface area contributed by atoms with E-state index in [1.807, 2.05) is 11.9 Å². The van der Waals surface area contributed by atoms with Crippen LogP contribution in [0.4, 0.5) is 0 Å². The quantitative estimate of drug-likeness (QED) is 0.835. The number of carbonyl (C=O) groups excluding carboxylic acids is 1. The zero-order valence-electron chi connectivity index (χ0n) is 12.0.